The first kappa shape index (κ1) is 13.9. The van der Waals surface area contributed by atoms with Crippen molar-refractivity contribution in [3.8, 4) is 11.3 Å². The molecule has 0 atom stereocenters. The van der Waals surface area contributed by atoms with Crippen LogP contribution in [-0.2, 0) is 10.0 Å². The number of nitrogen functional groups attached to an aromatic ring is 1. The summed E-state index contributed by atoms with van der Waals surface area (Å²) in [4.78, 5) is 4.51. The van der Waals surface area contributed by atoms with Crippen LogP contribution in [0.1, 0.15) is 0 Å². The molecule has 0 spiro atoms. The van der Waals surface area contributed by atoms with Crippen molar-refractivity contribution in [1.29, 1.82) is 0 Å². The number of nitrogens with one attached hydrogen (secondary N) is 1. The topological polar surface area (TPSA) is 88.3 Å². The van der Waals surface area contributed by atoms with Crippen LogP contribution in [0.5, 0.6) is 0 Å². The number of nitrogens with two attached hydrogens (primary N) is 1. The lowest BCUT2D eigenvalue weighted by atomic mass is 10.2. The molecule has 0 radical (unpaired) electrons. The third kappa shape index (κ3) is 2.76. The van der Waals surface area contributed by atoms with E-state index >= 15 is 0 Å². The quantitative estimate of drug-likeness (QED) is 0.657. The average molecular weight is 298 g/mol. The molecule has 0 fully saturated rings. The first-order chi connectivity index (χ1) is 8.95. The molecule has 2 aromatic rings. The minimum atomic E-state index is -3.39. The standard InChI is InChI=1S/C11H14N4O2S2/c1-15(2)19(16,17)9-5-3-8(4-6-9)10-7-18-11(13-10)14-12/h3-7H,12H2,1-2H3,(H,13,14). The molecule has 1 aromatic heterocycles. The monoisotopic (exact) mass is 298 g/mol. The number of hydrogen-bond donors (Lipinski definition) is 2. The van der Waals surface area contributed by atoms with Crippen LogP contribution in [0.4, 0.5) is 5.13 Å². The fourth-order valence-electron chi connectivity index (χ4n) is 1.48. The zero-order valence-electron chi connectivity index (χ0n) is 10.5. The van der Waals surface area contributed by atoms with Crippen LogP contribution in [0.15, 0.2) is 34.5 Å². The number of hydrazine groups is 1. The number of benzene rings is 1. The zero-order chi connectivity index (χ0) is 14.0. The van der Waals surface area contributed by atoms with E-state index in [2.05, 4.69) is 10.4 Å². The van der Waals surface area contributed by atoms with E-state index < -0.39 is 10.0 Å². The number of hydrogen-bond acceptors (Lipinski definition) is 6. The van der Waals surface area contributed by atoms with Crippen molar-refractivity contribution in [3.05, 3.63) is 29.6 Å². The highest BCUT2D eigenvalue weighted by Gasteiger charge is 2.16. The van der Waals surface area contributed by atoms with Crippen LogP contribution < -0.4 is 11.3 Å². The minimum absolute atomic E-state index is 0.258. The molecule has 0 aliphatic carbocycles. The Kier molecular flexibility index (Phi) is 3.85. The fraction of sp³-hybridized carbons (Fsp3) is 0.182. The molecule has 0 aliphatic rings. The van der Waals surface area contributed by atoms with E-state index in [1.165, 1.54) is 29.7 Å². The molecule has 8 heteroatoms. The van der Waals surface area contributed by atoms with Crippen molar-refractivity contribution < 1.29 is 8.42 Å². The van der Waals surface area contributed by atoms with Crippen molar-refractivity contribution in [2.45, 2.75) is 4.90 Å². The molecule has 19 heavy (non-hydrogen) atoms. The van der Waals surface area contributed by atoms with Crippen molar-refractivity contribution >= 4 is 26.5 Å². The minimum Gasteiger partial charge on any atom is -0.300 e. The normalized spacial score (nSPS) is 11.8. The molecule has 1 aromatic carbocycles. The molecule has 0 amide bonds. The first-order valence-electron chi connectivity index (χ1n) is 5.40. The van der Waals surface area contributed by atoms with Gasteiger partial charge in [-0.15, -0.1) is 11.3 Å². The van der Waals surface area contributed by atoms with Crippen molar-refractivity contribution in [2.75, 3.05) is 19.5 Å². The summed E-state index contributed by atoms with van der Waals surface area (Å²) < 4.78 is 25.0. The molecule has 102 valence electrons. The Hall–Kier alpha value is -1.48. The summed E-state index contributed by atoms with van der Waals surface area (Å²) in [6.07, 6.45) is 0. The van der Waals surface area contributed by atoms with E-state index in [4.69, 9.17) is 5.84 Å². The van der Waals surface area contributed by atoms with E-state index in [9.17, 15) is 8.42 Å². The van der Waals surface area contributed by atoms with Gasteiger partial charge in [-0.3, -0.25) is 5.43 Å². The van der Waals surface area contributed by atoms with Gasteiger partial charge in [0.15, 0.2) is 5.13 Å². The van der Waals surface area contributed by atoms with Gasteiger partial charge in [-0.25, -0.2) is 23.5 Å². The van der Waals surface area contributed by atoms with Crippen LogP contribution in [0.25, 0.3) is 11.3 Å². The Balaban J connectivity index is 2.33. The summed E-state index contributed by atoms with van der Waals surface area (Å²) in [6, 6.07) is 6.59. The number of aromatic nitrogens is 1. The molecule has 0 aliphatic heterocycles. The highest BCUT2D eigenvalue weighted by atomic mass is 32.2. The lowest BCUT2D eigenvalue weighted by Gasteiger charge is -2.11. The SMILES string of the molecule is CN(C)S(=O)(=O)c1ccc(-c2csc(NN)n2)cc1. The third-order valence-corrected chi connectivity index (χ3v) is 5.16. The maximum atomic E-state index is 11.9. The Labute approximate surface area is 115 Å². The maximum absolute atomic E-state index is 11.9. The summed E-state index contributed by atoms with van der Waals surface area (Å²) in [7, 11) is -0.386. The van der Waals surface area contributed by atoms with Crippen LogP contribution >= 0.6 is 11.3 Å². The summed E-state index contributed by atoms with van der Waals surface area (Å²) in [5.74, 6) is 5.27. The highest BCUT2D eigenvalue weighted by Crippen LogP contribution is 2.25. The average Bonchev–Trinajstić information content (AvgIpc) is 2.87. The van der Waals surface area contributed by atoms with Crippen molar-refractivity contribution in [1.82, 2.24) is 9.29 Å². The van der Waals surface area contributed by atoms with Gasteiger partial charge < -0.3 is 0 Å². The van der Waals surface area contributed by atoms with Crippen LogP contribution in [0.3, 0.4) is 0 Å². The van der Waals surface area contributed by atoms with Crippen LogP contribution in [0, 0.1) is 0 Å². The van der Waals surface area contributed by atoms with Gasteiger partial charge in [-0.1, -0.05) is 12.1 Å². The Morgan fingerprint density at radius 1 is 1.26 bits per heavy atom. The van der Waals surface area contributed by atoms with Crippen molar-refractivity contribution in [3.63, 3.8) is 0 Å². The van der Waals surface area contributed by atoms with Gasteiger partial charge in [0.1, 0.15) is 0 Å². The molecule has 3 N–H and O–H groups in total. The predicted octanol–water partition coefficient (Wildman–Crippen LogP) is 1.35. The Bertz CT molecular complexity index is 662. The van der Waals surface area contributed by atoms with E-state index in [0.717, 1.165) is 11.3 Å². The van der Waals surface area contributed by atoms with E-state index in [-0.39, 0.29) is 4.90 Å². The van der Waals surface area contributed by atoms with Gasteiger partial charge >= 0.3 is 0 Å². The van der Waals surface area contributed by atoms with E-state index in [1.54, 1.807) is 24.3 Å². The van der Waals surface area contributed by atoms with Gasteiger partial charge in [0.25, 0.3) is 0 Å². The molecular formula is C11H14N4O2S2. The summed E-state index contributed by atoms with van der Waals surface area (Å²) in [5.41, 5.74) is 4.07. The molecule has 6 nitrogen and oxygen atoms in total. The first-order valence-corrected chi connectivity index (χ1v) is 7.72. The van der Waals surface area contributed by atoms with E-state index in [1.807, 2.05) is 5.38 Å². The van der Waals surface area contributed by atoms with E-state index in [0.29, 0.717) is 5.13 Å². The molecular weight excluding hydrogens is 284 g/mol. The van der Waals surface area contributed by atoms with Crippen LogP contribution in [0.2, 0.25) is 0 Å². The second-order valence-corrected chi connectivity index (χ2v) is 7.00. The Morgan fingerprint density at radius 3 is 2.37 bits per heavy atom. The number of nitrogens with zero attached hydrogens (tertiary/aromatic N) is 2. The van der Waals surface area contributed by atoms with Gasteiger partial charge in [0.05, 0.1) is 10.6 Å². The third-order valence-electron chi connectivity index (χ3n) is 2.56. The molecule has 0 bridgehead atoms. The van der Waals surface area contributed by atoms with Gasteiger partial charge in [0.2, 0.25) is 10.0 Å². The fourth-order valence-corrected chi connectivity index (χ4v) is 3.01. The maximum Gasteiger partial charge on any atom is 0.242 e. The lowest BCUT2D eigenvalue weighted by Crippen LogP contribution is -2.22. The molecule has 0 unspecified atom stereocenters. The molecule has 1 heterocycles. The van der Waals surface area contributed by atoms with Gasteiger partial charge in [0, 0.05) is 25.0 Å². The second-order valence-electron chi connectivity index (χ2n) is 3.99. The number of sulfonamides is 1. The molecule has 0 saturated heterocycles. The summed E-state index contributed by atoms with van der Waals surface area (Å²) >= 11 is 1.39. The van der Waals surface area contributed by atoms with Gasteiger partial charge in [-0.05, 0) is 12.1 Å². The number of thiazole rings is 1. The predicted molar refractivity (Wildman–Crippen MR) is 76.2 cm³/mol. The highest BCUT2D eigenvalue weighted by molar-refractivity contribution is 7.89. The van der Waals surface area contributed by atoms with Gasteiger partial charge in [-0.2, -0.15) is 0 Å². The van der Waals surface area contributed by atoms with Crippen LogP contribution in [-0.4, -0.2) is 31.8 Å². The molecule has 0 saturated carbocycles. The number of rotatable bonds is 4. The second kappa shape index (κ2) is 5.25. The smallest absolute Gasteiger partial charge is 0.242 e. The Morgan fingerprint density at radius 2 is 1.89 bits per heavy atom. The summed E-state index contributed by atoms with van der Waals surface area (Å²) in [6.45, 7) is 0. The molecule has 2 rings (SSSR count). The lowest BCUT2D eigenvalue weighted by molar-refractivity contribution is 0.521. The number of anilines is 1. The largest absolute Gasteiger partial charge is 0.300 e. The summed E-state index contributed by atoms with van der Waals surface area (Å²) in [5, 5.41) is 2.46. The zero-order valence-corrected chi connectivity index (χ0v) is 12.1. The van der Waals surface area contributed by atoms with Crippen molar-refractivity contribution in [2.24, 2.45) is 5.84 Å².